The van der Waals surface area contributed by atoms with E-state index in [1.807, 2.05) is 58.9 Å². The van der Waals surface area contributed by atoms with E-state index in [4.69, 9.17) is 4.74 Å². The number of alkyl carbamates (subject to hydrolysis) is 1. The number of hydrogen-bond donors (Lipinski definition) is 2. The summed E-state index contributed by atoms with van der Waals surface area (Å²) >= 11 is 0. The third-order valence-electron chi connectivity index (χ3n) is 4.13. The molecule has 1 rings (SSSR count). The van der Waals surface area contributed by atoms with Crippen LogP contribution in [0.3, 0.4) is 0 Å². The Labute approximate surface area is 184 Å². The predicted molar refractivity (Wildman–Crippen MR) is 118 cm³/mol. The van der Waals surface area contributed by atoms with Crippen molar-refractivity contribution in [2.24, 2.45) is 0 Å². The van der Waals surface area contributed by atoms with E-state index in [2.05, 4.69) is 10.6 Å². The molecule has 1 aromatic rings. The Kier molecular flexibility index (Phi) is 8.62. The quantitative estimate of drug-likeness (QED) is 0.674. The van der Waals surface area contributed by atoms with Crippen LogP contribution in [-0.4, -0.2) is 47.0 Å². The van der Waals surface area contributed by atoms with Crippen LogP contribution in [0.2, 0.25) is 0 Å². The zero-order chi connectivity index (χ0) is 24.0. The summed E-state index contributed by atoms with van der Waals surface area (Å²) in [6.45, 7) is 13.7. The first kappa shape index (κ1) is 26.0. The van der Waals surface area contributed by atoms with Crippen molar-refractivity contribution >= 4 is 17.9 Å². The maximum absolute atomic E-state index is 13.2. The summed E-state index contributed by atoms with van der Waals surface area (Å²) in [5.74, 6) is -0.968. The molecule has 0 aliphatic carbocycles. The number of carbonyl (C=O) groups is 3. The Balaban J connectivity index is 3.28. The highest BCUT2D eigenvalue weighted by Crippen LogP contribution is 2.26. The molecule has 0 aliphatic rings. The van der Waals surface area contributed by atoms with Gasteiger partial charge in [-0.25, -0.2) is 4.79 Å². The molecule has 0 aromatic heterocycles. The first-order valence-electron chi connectivity index (χ1n) is 10.2. The van der Waals surface area contributed by atoms with Gasteiger partial charge in [0.25, 0.3) is 0 Å². The van der Waals surface area contributed by atoms with Crippen LogP contribution < -0.4 is 10.6 Å². The van der Waals surface area contributed by atoms with E-state index < -0.39 is 41.6 Å². The van der Waals surface area contributed by atoms with Crippen LogP contribution in [0.4, 0.5) is 4.79 Å². The first-order valence-corrected chi connectivity index (χ1v) is 10.2. The van der Waals surface area contributed by atoms with Crippen LogP contribution in [-0.2, 0) is 14.3 Å². The van der Waals surface area contributed by atoms with Gasteiger partial charge in [0, 0.05) is 5.54 Å². The summed E-state index contributed by atoms with van der Waals surface area (Å²) < 4.78 is 5.16. The lowest BCUT2D eigenvalue weighted by Gasteiger charge is -2.33. The number of amides is 3. The molecule has 0 radical (unpaired) electrons. The van der Waals surface area contributed by atoms with Crippen LogP contribution in [0.15, 0.2) is 18.2 Å². The van der Waals surface area contributed by atoms with Gasteiger partial charge in [-0.1, -0.05) is 23.8 Å². The molecule has 0 fully saturated rings. The lowest BCUT2D eigenvalue weighted by atomic mass is 9.95. The molecule has 0 saturated carbocycles. The van der Waals surface area contributed by atoms with Crippen LogP contribution in [0.25, 0.3) is 0 Å². The van der Waals surface area contributed by atoms with Crippen molar-refractivity contribution in [1.82, 2.24) is 15.5 Å². The lowest BCUT2D eigenvalue weighted by molar-refractivity contribution is -0.140. The second kappa shape index (κ2) is 10.3. The summed E-state index contributed by atoms with van der Waals surface area (Å²) in [5.41, 5.74) is 1.11. The van der Waals surface area contributed by atoms with Gasteiger partial charge in [-0.05, 0) is 66.5 Å². The SMILES string of the molecule is Cc1ccc(C)c(C(C(=O)NC(C)(C)C)N(CC#N)C(=O)CNC(=O)OC(C)(C)C)c1. The molecule has 2 N–H and O–H groups in total. The standard InChI is InChI=1S/C23H34N4O4/c1-15-9-10-16(2)17(13-15)19(20(29)26-22(3,4)5)27(12-11-24)18(28)14-25-21(30)31-23(6,7)8/h9-10,13,19H,12,14H2,1-8H3,(H,25,30)(H,26,29). The molecule has 0 bridgehead atoms. The maximum Gasteiger partial charge on any atom is 0.408 e. The fraction of sp³-hybridized carbons (Fsp3) is 0.565. The topological polar surface area (TPSA) is 112 Å². The normalized spacial score (nSPS) is 12.4. The molecule has 1 aromatic carbocycles. The van der Waals surface area contributed by atoms with Crippen LogP contribution in [0.1, 0.15) is 64.3 Å². The Morgan fingerprint density at radius 2 is 1.74 bits per heavy atom. The Hall–Kier alpha value is -3.08. The van der Waals surface area contributed by atoms with Crippen molar-refractivity contribution in [3.63, 3.8) is 0 Å². The van der Waals surface area contributed by atoms with E-state index in [1.165, 1.54) is 4.90 Å². The van der Waals surface area contributed by atoms with Crippen LogP contribution >= 0.6 is 0 Å². The van der Waals surface area contributed by atoms with Gasteiger partial charge in [0.1, 0.15) is 24.7 Å². The monoisotopic (exact) mass is 430 g/mol. The fourth-order valence-electron chi connectivity index (χ4n) is 2.91. The average molecular weight is 431 g/mol. The van der Waals surface area contributed by atoms with Crippen LogP contribution in [0, 0.1) is 25.2 Å². The second-order valence-electron chi connectivity index (χ2n) is 9.54. The highest BCUT2D eigenvalue weighted by molar-refractivity contribution is 5.91. The largest absolute Gasteiger partial charge is 0.444 e. The number of aryl methyl sites for hydroxylation is 2. The summed E-state index contributed by atoms with van der Waals surface area (Å²) in [5, 5.41) is 14.7. The van der Waals surface area contributed by atoms with Gasteiger partial charge in [-0.15, -0.1) is 0 Å². The Morgan fingerprint density at radius 3 is 2.26 bits per heavy atom. The predicted octanol–water partition coefficient (Wildman–Crippen LogP) is 3.14. The van der Waals surface area contributed by atoms with Crippen molar-refractivity contribution in [3.8, 4) is 6.07 Å². The average Bonchev–Trinajstić information content (AvgIpc) is 2.59. The third kappa shape index (κ3) is 8.67. The molecule has 170 valence electrons. The maximum atomic E-state index is 13.2. The molecule has 8 nitrogen and oxygen atoms in total. The number of carbonyl (C=O) groups excluding carboxylic acids is 3. The lowest BCUT2D eigenvalue weighted by Crippen LogP contribution is -2.51. The van der Waals surface area contributed by atoms with Crippen molar-refractivity contribution in [3.05, 3.63) is 34.9 Å². The zero-order valence-electron chi connectivity index (χ0n) is 19.8. The highest BCUT2D eigenvalue weighted by Gasteiger charge is 2.34. The molecule has 1 unspecified atom stereocenters. The molecule has 0 saturated heterocycles. The smallest absolute Gasteiger partial charge is 0.408 e. The minimum atomic E-state index is -1.02. The summed E-state index contributed by atoms with van der Waals surface area (Å²) in [4.78, 5) is 39.4. The van der Waals surface area contributed by atoms with Crippen molar-refractivity contribution in [1.29, 1.82) is 5.26 Å². The molecule has 8 heteroatoms. The molecule has 3 amide bonds. The number of benzene rings is 1. The van der Waals surface area contributed by atoms with Gasteiger partial charge in [0.2, 0.25) is 11.8 Å². The molecular formula is C23H34N4O4. The zero-order valence-corrected chi connectivity index (χ0v) is 19.8. The molecule has 0 heterocycles. The molecule has 31 heavy (non-hydrogen) atoms. The molecule has 1 atom stereocenters. The minimum Gasteiger partial charge on any atom is -0.444 e. The van der Waals surface area contributed by atoms with Gasteiger partial charge >= 0.3 is 6.09 Å². The summed E-state index contributed by atoms with van der Waals surface area (Å²) in [7, 11) is 0. The highest BCUT2D eigenvalue weighted by atomic mass is 16.6. The van der Waals surface area contributed by atoms with Gasteiger partial charge < -0.3 is 20.3 Å². The van der Waals surface area contributed by atoms with E-state index in [1.54, 1.807) is 20.8 Å². The van der Waals surface area contributed by atoms with E-state index in [-0.39, 0.29) is 6.54 Å². The second-order valence-corrected chi connectivity index (χ2v) is 9.54. The van der Waals surface area contributed by atoms with E-state index in [9.17, 15) is 19.6 Å². The van der Waals surface area contributed by atoms with Gasteiger partial charge in [0.05, 0.1) is 6.07 Å². The summed E-state index contributed by atoms with van der Waals surface area (Å²) in [6, 6.07) is 6.56. The first-order chi connectivity index (χ1) is 14.1. The number of nitrogens with zero attached hydrogens (tertiary/aromatic N) is 2. The van der Waals surface area contributed by atoms with E-state index in [0.717, 1.165) is 11.1 Å². The van der Waals surface area contributed by atoms with Crippen molar-refractivity contribution < 1.29 is 19.1 Å². The number of nitrogens with one attached hydrogen (secondary N) is 2. The molecule has 0 aliphatic heterocycles. The number of nitriles is 1. The minimum absolute atomic E-state index is 0.315. The number of hydrogen-bond acceptors (Lipinski definition) is 5. The van der Waals surface area contributed by atoms with E-state index in [0.29, 0.717) is 5.56 Å². The van der Waals surface area contributed by atoms with Gasteiger partial charge in [0.15, 0.2) is 0 Å². The van der Waals surface area contributed by atoms with E-state index >= 15 is 0 Å². The number of rotatable bonds is 6. The van der Waals surface area contributed by atoms with Gasteiger partial charge in [-0.2, -0.15) is 5.26 Å². The van der Waals surface area contributed by atoms with Crippen molar-refractivity contribution in [2.75, 3.05) is 13.1 Å². The Bertz CT molecular complexity index is 860. The van der Waals surface area contributed by atoms with Crippen LogP contribution in [0.5, 0.6) is 0 Å². The molecule has 0 spiro atoms. The van der Waals surface area contributed by atoms with Gasteiger partial charge in [-0.3, -0.25) is 9.59 Å². The Morgan fingerprint density at radius 1 is 1.13 bits per heavy atom. The summed E-state index contributed by atoms with van der Waals surface area (Å²) in [6.07, 6.45) is -0.750. The fourth-order valence-corrected chi connectivity index (χ4v) is 2.91. The molecular weight excluding hydrogens is 396 g/mol. The number of ether oxygens (including phenoxy) is 1. The van der Waals surface area contributed by atoms with Crippen molar-refractivity contribution in [2.45, 2.75) is 72.6 Å². The third-order valence-corrected chi connectivity index (χ3v) is 4.13.